The van der Waals surface area contributed by atoms with Gasteiger partial charge in [0.25, 0.3) is 0 Å². The Kier molecular flexibility index (Phi) is 3.66. The lowest BCUT2D eigenvalue weighted by Crippen LogP contribution is -2.46. The molecule has 1 aromatic heterocycles. The molecule has 0 radical (unpaired) electrons. The number of carbonyl (C=O) groups is 1. The highest BCUT2D eigenvalue weighted by molar-refractivity contribution is 5.83. The summed E-state index contributed by atoms with van der Waals surface area (Å²) in [5.41, 5.74) is 6.33. The standard InChI is InChI=1S/C11H17N3O/c1-8(2)10(11(12)15)14(3)9-4-6-13-7-5-9/h4-8,10H,1-3H3,(H2,12,15). The van der Waals surface area contributed by atoms with E-state index in [1.165, 1.54) is 0 Å². The van der Waals surface area contributed by atoms with Gasteiger partial charge in [-0.05, 0) is 18.1 Å². The number of hydrogen-bond acceptors (Lipinski definition) is 3. The van der Waals surface area contributed by atoms with Crippen molar-refractivity contribution in [2.24, 2.45) is 11.7 Å². The zero-order valence-corrected chi connectivity index (χ0v) is 9.34. The number of nitrogens with zero attached hydrogens (tertiary/aromatic N) is 2. The van der Waals surface area contributed by atoms with Crippen molar-refractivity contribution in [3.8, 4) is 0 Å². The van der Waals surface area contributed by atoms with Gasteiger partial charge in [-0.15, -0.1) is 0 Å². The Labute approximate surface area is 90.1 Å². The summed E-state index contributed by atoms with van der Waals surface area (Å²) in [6.07, 6.45) is 3.40. The third kappa shape index (κ3) is 2.68. The van der Waals surface area contributed by atoms with Crippen LogP contribution in [0.25, 0.3) is 0 Å². The molecule has 0 aliphatic rings. The maximum absolute atomic E-state index is 11.3. The van der Waals surface area contributed by atoms with E-state index in [4.69, 9.17) is 5.73 Å². The van der Waals surface area contributed by atoms with Crippen LogP contribution < -0.4 is 10.6 Å². The largest absolute Gasteiger partial charge is 0.368 e. The number of carbonyl (C=O) groups excluding carboxylic acids is 1. The average molecular weight is 207 g/mol. The summed E-state index contributed by atoms with van der Waals surface area (Å²) in [4.78, 5) is 17.1. The molecule has 1 unspecified atom stereocenters. The molecule has 4 heteroatoms. The first kappa shape index (κ1) is 11.5. The molecular weight excluding hydrogens is 190 g/mol. The Morgan fingerprint density at radius 1 is 1.40 bits per heavy atom. The van der Waals surface area contributed by atoms with E-state index < -0.39 is 0 Å². The molecule has 4 nitrogen and oxygen atoms in total. The first-order chi connectivity index (χ1) is 7.04. The fourth-order valence-corrected chi connectivity index (χ4v) is 1.71. The predicted octanol–water partition coefficient (Wildman–Crippen LogP) is 1.03. The molecule has 0 saturated heterocycles. The van der Waals surface area contributed by atoms with Crippen molar-refractivity contribution < 1.29 is 4.79 Å². The van der Waals surface area contributed by atoms with Crippen LogP contribution in [0, 0.1) is 5.92 Å². The molecular formula is C11H17N3O. The van der Waals surface area contributed by atoms with Crippen molar-refractivity contribution in [3.05, 3.63) is 24.5 Å². The second-order valence-corrected chi connectivity index (χ2v) is 3.91. The minimum atomic E-state index is -0.302. The summed E-state index contributed by atoms with van der Waals surface area (Å²) in [5, 5.41) is 0. The number of pyridine rings is 1. The molecule has 1 aromatic rings. The summed E-state index contributed by atoms with van der Waals surface area (Å²) >= 11 is 0. The van der Waals surface area contributed by atoms with Gasteiger partial charge >= 0.3 is 0 Å². The fourth-order valence-electron chi connectivity index (χ4n) is 1.71. The molecule has 1 amide bonds. The number of anilines is 1. The van der Waals surface area contributed by atoms with E-state index in [0.29, 0.717) is 0 Å². The van der Waals surface area contributed by atoms with Gasteiger partial charge in [0.1, 0.15) is 6.04 Å². The number of amides is 1. The molecule has 0 aliphatic heterocycles. The number of nitrogens with two attached hydrogens (primary N) is 1. The molecule has 0 fully saturated rings. The molecule has 0 spiro atoms. The lowest BCUT2D eigenvalue weighted by Gasteiger charge is -2.30. The Hall–Kier alpha value is -1.58. The number of primary amides is 1. The summed E-state index contributed by atoms with van der Waals surface area (Å²) in [7, 11) is 1.87. The van der Waals surface area contributed by atoms with Crippen molar-refractivity contribution in [2.75, 3.05) is 11.9 Å². The normalized spacial score (nSPS) is 12.5. The average Bonchev–Trinajstić information content (AvgIpc) is 2.18. The second-order valence-electron chi connectivity index (χ2n) is 3.91. The molecule has 0 bridgehead atoms. The Morgan fingerprint density at radius 2 is 1.93 bits per heavy atom. The van der Waals surface area contributed by atoms with Gasteiger partial charge in [0.15, 0.2) is 0 Å². The summed E-state index contributed by atoms with van der Waals surface area (Å²) in [6, 6.07) is 3.43. The van der Waals surface area contributed by atoms with Gasteiger partial charge in [-0.1, -0.05) is 13.8 Å². The maximum atomic E-state index is 11.3. The molecule has 2 N–H and O–H groups in total. The highest BCUT2D eigenvalue weighted by Gasteiger charge is 2.24. The predicted molar refractivity (Wildman–Crippen MR) is 60.5 cm³/mol. The quantitative estimate of drug-likeness (QED) is 0.802. The Bertz CT molecular complexity index is 324. The first-order valence-corrected chi connectivity index (χ1v) is 4.96. The van der Waals surface area contributed by atoms with Crippen LogP contribution in [0.4, 0.5) is 5.69 Å². The van der Waals surface area contributed by atoms with E-state index in [0.717, 1.165) is 5.69 Å². The van der Waals surface area contributed by atoms with E-state index in [-0.39, 0.29) is 17.9 Å². The van der Waals surface area contributed by atoms with Crippen LogP contribution in [-0.2, 0) is 4.79 Å². The van der Waals surface area contributed by atoms with E-state index in [2.05, 4.69) is 4.98 Å². The summed E-state index contributed by atoms with van der Waals surface area (Å²) in [5.74, 6) is -0.120. The minimum absolute atomic E-state index is 0.181. The highest BCUT2D eigenvalue weighted by Crippen LogP contribution is 2.17. The molecule has 0 aromatic carbocycles. The fraction of sp³-hybridized carbons (Fsp3) is 0.455. The second kappa shape index (κ2) is 4.77. The summed E-state index contributed by atoms with van der Waals surface area (Å²) in [6.45, 7) is 3.96. The molecule has 15 heavy (non-hydrogen) atoms. The molecule has 1 heterocycles. The van der Waals surface area contributed by atoms with Crippen LogP contribution in [0.3, 0.4) is 0 Å². The van der Waals surface area contributed by atoms with Crippen LogP contribution in [-0.4, -0.2) is 24.0 Å². The van der Waals surface area contributed by atoms with Crippen LogP contribution >= 0.6 is 0 Å². The zero-order chi connectivity index (χ0) is 11.4. The number of likely N-dealkylation sites (N-methyl/N-ethyl adjacent to an activating group) is 1. The highest BCUT2D eigenvalue weighted by atomic mass is 16.1. The van der Waals surface area contributed by atoms with Crippen LogP contribution in [0.5, 0.6) is 0 Å². The van der Waals surface area contributed by atoms with Crippen molar-refractivity contribution >= 4 is 11.6 Å². The minimum Gasteiger partial charge on any atom is -0.368 e. The first-order valence-electron chi connectivity index (χ1n) is 4.96. The molecule has 1 rings (SSSR count). The van der Waals surface area contributed by atoms with E-state index in [1.54, 1.807) is 12.4 Å². The van der Waals surface area contributed by atoms with E-state index >= 15 is 0 Å². The lowest BCUT2D eigenvalue weighted by molar-refractivity contribution is -0.120. The van der Waals surface area contributed by atoms with Gasteiger partial charge in [0, 0.05) is 25.1 Å². The summed E-state index contributed by atoms with van der Waals surface area (Å²) < 4.78 is 0. The number of aromatic nitrogens is 1. The zero-order valence-electron chi connectivity index (χ0n) is 9.34. The van der Waals surface area contributed by atoms with Crippen LogP contribution in [0.2, 0.25) is 0 Å². The van der Waals surface area contributed by atoms with Crippen LogP contribution in [0.15, 0.2) is 24.5 Å². The third-order valence-corrected chi connectivity index (χ3v) is 2.41. The van der Waals surface area contributed by atoms with Gasteiger partial charge in [-0.2, -0.15) is 0 Å². The van der Waals surface area contributed by atoms with Gasteiger partial charge in [0.2, 0.25) is 5.91 Å². The SMILES string of the molecule is CC(C)C(C(N)=O)N(C)c1ccncc1. The molecule has 0 aliphatic carbocycles. The third-order valence-electron chi connectivity index (χ3n) is 2.41. The van der Waals surface area contributed by atoms with Crippen LogP contribution in [0.1, 0.15) is 13.8 Å². The van der Waals surface area contributed by atoms with Gasteiger partial charge in [0.05, 0.1) is 0 Å². The van der Waals surface area contributed by atoms with Crippen molar-refractivity contribution in [1.29, 1.82) is 0 Å². The van der Waals surface area contributed by atoms with Gasteiger partial charge in [-0.25, -0.2) is 0 Å². The molecule has 82 valence electrons. The van der Waals surface area contributed by atoms with Crippen molar-refractivity contribution in [2.45, 2.75) is 19.9 Å². The molecule has 1 atom stereocenters. The van der Waals surface area contributed by atoms with Crippen molar-refractivity contribution in [3.63, 3.8) is 0 Å². The van der Waals surface area contributed by atoms with E-state index in [1.807, 2.05) is 37.9 Å². The van der Waals surface area contributed by atoms with Gasteiger partial charge in [-0.3, -0.25) is 9.78 Å². The van der Waals surface area contributed by atoms with Crippen molar-refractivity contribution in [1.82, 2.24) is 4.98 Å². The smallest absolute Gasteiger partial charge is 0.240 e. The monoisotopic (exact) mass is 207 g/mol. The number of hydrogen-bond donors (Lipinski definition) is 1. The molecule has 0 saturated carbocycles. The maximum Gasteiger partial charge on any atom is 0.240 e. The van der Waals surface area contributed by atoms with E-state index in [9.17, 15) is 4.79 Å². The van der Waals surface area contributed by atoms with Gasteiger partial charge < -0.3 is 10.6 Å². The lowest BCUT2D eigenvalue weighted by atomic mass is 10.0. The Morgan fingerprint density at radius 3 is 2.33 bits per heavy atom. The number of rotatable bonds is 4. The topological polar surface area (TPSA) is 59.2 Å². The Balaban J connectivity index is 2.91.